The monoisotopic (exact) mass is 982 g/mol. The van der Waals surface area contributed by atoms with E-state index in [1.807, 2.05) is 6.92 Å². The lowest BCUT2D eigenvalue weighted by molar-refractivity contribution is -0.142. The van der Waals surface area contributed by atoms with E-state index in [1.165, 1.54) is 67.3 Å². The molecule has 23 heteroatoms. The molecule has 0 spiro atoms. The van der Waals surface area contributed by atoms with E-state index in [0.717, 1.165) is 6.07 Å². The second-order valence-electron chi connectivity index (χ2n) is 16.7. The van der Waals surface area contributed by atoms with Crippen LogP contribution < -0.4 is 37.6 Å². The van der Waals surface area contributed by atoms with E-state index in [0.29, 0.717) is 32.7 Å². The molecule has 1 aliphatic carbocycles. The van der Waals surface area contributed by atoms with Crippen LogP contribution in [0.5, 0.6) is 0 Å². The number of fused-ring (bicyclic) bond motifs is 2. The van der Waals surface area contributed by atoms with Crippen molar-refractivity contribution < 1.29 is 59.7 Å². The molecule has 5 rings (SSSR count). The van der Waals surface area contributed by atoms with Gasteiger partial charge in [-0.1, -0.05) is 44.2 Å². The summed E-state index contributed by atoms with van der Waals surface area (Å²) in [4.78, 5) is 93.3. The van der Waals surface area contributed by atoms with E-state index in [9.17, 15) is 55.0 Å². The topological polar surface area (TPSA) is 319 Å². The second-order valence-corrected chi connectivity index (χ2v) is 20.2. The van der Waals surface area contributed by atoms with Crippen LogP contribution in [0.4, 0.5) is 17.1 Å². The summed E-state index contributed by atoms with van der Waals surface area (Å²) in [6.07, 6.45) is 0.885. The largest absolute Gasteiger partial charge is 0.397 e. The van der Waals surface area contributed by atoms with Crippen molar-refractivity contribution >= 4 is 78.1 Å². The number of amides is 5. The maximum absolute atomic E-state index is 13.7. The molecule has 3 aromatic carbocycles. The SMILES string of the molecule is CCOCCNCCC(=O)NC(C)C(=O)NC(C)C(=O)N1CCCC1C(=O)NC(C(=O)NCCS(=O)(=O)c1cccc(Nc2cc(S(=O)(=O)O)c(N)c3c2C(=O)c2ccccc2C3=O)c1)C(C)C. The Labute approximate surface area is 394 Å². The minimum atomic E-state index is -5.02. The van der Waals surface area contributed by atoms with Crippen LogP contribution in [0.15, 0.2) is 64.4 Å². The summed E-state index contributed by atoms with van der Waals surface area (Å²) in [7, 11) is -9.16. The Hall–Kier alpha value is -6.27. The van der Waals surface area contributed by atoms with Crippen LogP contribution >= 0.6 is 0 Å². The van der Waals surface area contributed by atoms with E-state index in [2.05, 4.69) is 31.9 Å². The standard InChI is InChI=1S/C45H58N8O13S2/c1-6-66-21-18-47-17-16-35(54)49-26(4)42(57)50-27(5)45(60)53-20-10-15-33(53)43(58)52-39(25(2)3)44(59)48-19-22-67(61,62)29-12-9-11-28(23-29)51-32-24-34(68(63,64)65)38(46)37-36(32)40(55)30-13-7-8-14-31(30)41(37)56/h7-9,11-14,23-27,33,39,47,51H,6,10,15-22,46H2,1-5H3,(H,48,59)(H,49,54)(H,50,57)(H,52,58)(H,63,64,65). The molecule has 5 amide bonds. The Morgan fingerprint density at radius 2 is 1.51 bits per heavy atom. The number of carbonyl (C=O) groups is 7. The Morgan fingerprint density at radius 3 is 2.16 bits per heavy atom. The maximum Gasteiger partial charge on any atom is 0.296 e. The molecule has 1 heterocycles. The van der Waals surface area contributed by atoms with Gasteiger partial charge in [-0.2, -0.15) is 8.42 Å². The Morgan fingerprint density at radius 1 is 0.838 bits per heavy atom. The molecular formula is C45H58N8O13S2. The molecule has 1 fully saturated rings. The van der Waals surface area contributed by atoms with Crippen LogP contribution in [-0.2, 0) is 48.7 Å². The van der Waals surface area contributed by atoms with Crippen molar-refractivity contribution in [2.45, 2.75) is 87.8 Å². The molecule has 0 bridgehead atoms. The number of hydrogen-bond acceptors (Lipinski definition) is 15. The normalized spacial score (nSPS) is 16.0. The summed E-state index contributed by atoms with van der Waals surface area (Å²) in [5, 5.41) is 16.3. The highest BCUT2D eigenvalue weighted by Gasteiger charge is 2.39. The van der Waals surface area contributed by atoms with Gasteiger partial charge in [0.15, 0.2) is 21.4 Å². The summed E-state index contributed by atoms with van der Waals surface area (Å²) in [5.41, 5.74) is 4.51. The number of nitrogens with zero attached hydrogens (tertiary/aromatic N) is 1. The molecule has 0 radical (unpaired) electrons. The number of ketones is 2. The fraction of sp³-hybridized carbons (Fsp3) is 0.444. The Balaban J connectivity index is 1.18. The van der Waals surface area contributed by atoms with Gasteiger partial charge in [0.2, 0.25) is 29.5 Å². The number of benzene rings is 3. The zero-order chi connectivity index (χ0) is 50.1. The number of nitrogens with one attached hydrogen (secondary N) is 6. The van der Waals surface area contributed by atoms with Gasteiger partial charge in [0, 0.05) is 56.0 Å². The van der Waals surface area contributed by atoms with Crippen molar-refractivity contribution in [3.05, 3.63) is 76.9 Å². The lowest BCUT2D eigenvalue weighted by Gasteiger charge is -2.30. The molecule has 1 saturated heterocycles. The first kappa shape index (κ1) is 52.7. The molecule has 4 atom stereocenters. The van der Waals surface area contributed by atoms with Gasteiger partial charge in [-0.25, -0.2) is 8.42 Å². The predicted molar refractivity (Wildman–Crippen MR) is 249 cm³/mol. The molecule has 9 N–H and O–H groups in total. The number of nitrogen functional groups attached to an aromatic ring is 1. The van der Waals surface area contributed by atoms with Gasteiger partial charge in [0.25, 0.3) is 10.1 Å². The third-order valence-electron chi connectivity index (χ3n) is 11.4. The first-order valence-corrected chi connectivity index (χ1v) is 25.2. The minimum absolute atomic E-state index is 0.0247. The van der Waals surface area contributed by atoms with Gasteiger partial charge in [0.05, 0.1) is 39.8 Å². The highest BCUT2D eigenvalue weighted by molar-refractivity contribution is 7.91. The number of nitrogens with two attached hydrogens (primary N) is 1. The fourth-order valence-electron chi connectivity index (χ4n) is 7.80. The molecule has 0 saturated carbocycles. The van der Waals surface area contributed by atoms with Crippen LogP contribution in [0.3, 0.4) is 0 Å². The number of rotatable bonds is 22. The van der Waals surface area contributed by atoms with Crippen LogP contribution in [-0.4, -0.2) is 137 Å². The molecule has 4 unspecified atom stereocenters. The summed E-state index contributed by atoms with van der Waals surface area (Å²) < 4.78 is 67.1. The zero-order valence-electron chi connectivity index (χ0n) is 38.3. The molecular weight excluding hydrogens is 925 g/mol. The lowest BCUT2D eigenvalue weighted by Crippen LogP contribution is -2.58. The number of hydrogen-bond donors (Lipinski definition) is 8. The van der Waals surface area contributed by atoms with Gasteiger partial charge in [-0.05, 0) is 63.8 Å². The van der Waals surface area contributed by atoms with Crippen molar-refractivity contribution in [2.24, 2.45) is 5.92 Å². The molecule has 21 nitrogen and oxygen atoms in total. The summed E-state index contributed by atoms with van der Waals surface area (Å²) in [6.45, 7) is 10.1. The molecule has 2 aliphatic rings. The molecule has 0 aromatic heterocycles. The van der Waals surface area contributed by atoms with Gasteiger partial charge < -0.3 is 47.3 Å². The lowest BCUT2D eigenvalue weighted by atomic mass is 9.82. The van der Waals surface area contributed by atoms with Crippen molar-refractivity contribution in [1.29, 1.82) is 0 Å². The van der Waals surface area contributed by atoms with Gasteiger partial charge in [-0.3, -0.25) is 38.1 Å². The van der Waals surface area contributed by atoms with E-state index in [-0.39, 0.29) is 64.8 Å². The van der Waals surface area contributed by atoms with Crippen LogP contribution in [0.1, 0.15) is 85.7 Å². The minimum Gasteiger partial charge on any atom is -0.397 e. The number of ether oxygens (including phenoxy) is 1. The molecule has 3 aromatic rings. The molecule has 1 aliphatic heterocycles. The third kappa shape index (κ3) is 12.6. The van der Waals surface area contributed by atoms with Gasteiger partial charge in [-0.15, -0.1) is 0 Å². The van der Waals surface area contributed by atoms with Crippen LogP contribution in [0.2, 0.25) is 0 Å². The van der Waals surface area contributed by atoms with Gasteiger partial charge in [0.1, 0.15) is 29.1 Å². The average Bonchev–Trinajstić information content (AvgIpc) is 3.78. The predicted octanol–water partition coefficient (Wildman–Crippen LogP) is 1.08. The second kappa shape index (κ2) is 22.7. The van der Waals surface area contributed by atoms with E-state index in [4.69, 9.17) is 10.5 Å². The summed E-state index contributed by atoms with van der Waals surface area (Å²) in [6, 6.07) is 7.90. The number of likely N-dealkylation sites (tertiary alicyclic amines) is 1. The number of sulfone groups is 1. The quantitative estimate of drug-likeness (QED) is 0.0310. The number of carbonyl (C=O) groups excluding carboxylic acids is 7. The highest BCUT2D eigenvalue weighted by Crippen LogP contribution is 2.40. The average molecular weight is 983 g/mol. The Bertz CT molecular complexity index is 2680. The number of anilines is 3. The van der Waals surface area contributed by atoms with Crippen molar-refractivity contribution in [3.63, 3.8) is 0 Å². The summed E-state index contributed by atoms with van der Waals surface area (Å²) in [5.74, 6) is -5.29. The fourth-order valence-corrected chi connectivity index (χ4v) is 9.64. The molecule has 368 valence electrons. The van der Waals surface area contributed by atoms with Crippen molar-refractivity contribution in [1.82, 2.24) is 31.5 Å². The van der Waals surface area contributed by atoms with Crippen molar-refractivity contribution in [2.75, 3.05) is 56.2 Å². The van der Waals surface area contributed by atoms with Crippen LogP contribution in [0, 0.1) is 5.92 Å². The van der Waals surface area contributed by atoms with E-state index >= 15 is 0 Å². The third-order valence-corrected chi connectivity index (χ3v) is 14.0. The van der Waals surface area contributed by atoms with E-state index in [1.54, 1.807) is 13.8 Å². The van der Waals surface area contributed by atoms with Crippen LogP contribution in [0.25, 0.3) is 0 Å². The first-order chi connectivity index (χ1) is 32.1. The highest BCUT2D eigenvalue weighted by atomic mass is 32.2. The Kier molecular flexibility index (Phi) is 17.6. The van der Waals surface area contributed by atoms with Gasteiger partial charge >= 0.3 is 0 Å². The van der Waals surface area contributed by atoms with Crippen molar-refractivity contribution in [3.8, 4) is 0 Å². The molecule has 68 heavy (non-hydrogen) atoms. The maximum atomic E-state index is 13.7. The zero-order valence-corrected chi connectivity index (χ0v) is 40.0. The smallest absolute Gasteiger partial charge is 0.296 e. The van der Waals surface area contributed by atoms with E-state index < -0.39 is 107 Å². The summed E-state index contributed by atoms with van der Waals surface area (Å²) >= 11 is 0. The first-order valence-electron chi connectivity index (χ1n) is 22.1.